The summed E-state index contributed by atoms with van der Waals surface area (Å²) in [7, 11) is 0. The molecule has 1 aliphatic heterocycles. The van der Waals surface area contributed by atoms with E-state index in [9.17, 15) is 4.79 Å². The first-order chi connectivity index (χ1) is 16.6. The van der Waals surface area contributed by atoms with E-state index in [1.165, 1.54) is 11.8 Å². The minimum Gasteiger partial charge on any atom is -0.494 e. The van der Waals surface area contributed by atoms with Crippen LogP contribution in [0.3, 0.4) is 0 Å². The van der Waals surface area contributed by atoms with E-state index in [0.717, 1.165) is 22.4 Å². The van der Waals surface area contributed by atoms with Gasteiger partial charge in [0.05, 0.1) is 12.6 Å². The van der Waals surface area contributed by atoms with Crippen LogP contribution in [0.15, 0.2) is 84.0 Å². The van der Waals surface area contributed by atoms with Gasteiger partial charge in [0.15, 0.2) is 5.82 Å². The van der Waals surface area contributed by atoms with E-state index in [-0.39, 0.29) is 11.9 Å². The van der Waals surface area contributed by atoms with Crippen LogP contribution in [0.1, 0.15) is 24.1 Å². The summed E-state index contributed by atoms with van der Waals surface area (Å²) in [4.78, 5) is 13.5. The lowest BCUT2D eigenvalue weighted by atomic mass is 10.0. The lowest BCUT2D eigenvalue weighted by Gasteiger charge is -2.33. The van der Waals surface area contributed by atoms with Gasteiger partial charge in [0, 0.05) is 11.3 Å². The van der Waals surface area contributed by atoms with Gasteiger partial charge in [-0.1, -0.05) is 71.9 Å². The van der Waals surface area contributed by atoms with E-state index in [0.29, 0.717) is 23.3 Å². The fourth-order valence-corrected chi connectivity index (χ4v) is 4.95. The Morgan fingerprint density at radius 1 is 1.03 bits per heavy atom. The zero-order valence-electron chi connectivity index (χ0n) is 18.9. The van der Waals surface area contributed by atoms with Crippen LogP contribution in [0.5, 0.6) is 5.75 Å². The highest BCUT2D eigenvalue weighted by Gasteiger charge is 2.38. The van der Waals surface area contributed by atoms with Crippen LogP contribution in [0.25, 0.3) is 11.4 Å². The summed E-state index contributed by atoms with van der Waals surface area (Å²) in [6.45, 7) is 4.59. The summed E-state index contributed by atoms with van der Waals surface area (Å²) in [5.74, 6) is 1.38. The van der Waals surface area contributed by atoms with Crippen molar-refractivity contribution in [3.8, 4) is 17.1 Å². The van der Waals surface area contributed by atoms with Crippen molar-refractivity contribution in [3.63, 3.8) is 0 Å². The topological polar surface area (TPSA) is 81.1 Å². The average Bonchev–Trinajstić information content (AvgIpc) is 3.29. The number of fused-ring (bicyclic) bond motifs is 1. The maximum Gasteiger partial charge on any atom is 0.240 e. The Balaban J connectivity index is 1.46. The molecule has 7 nitrogen and oxygen atoms in total. The van der Waals surface area contributed by atoms with Crippen molar-refractivity contribution in [3.05, 3.63) is 90.0 Å². The highest BCUT2D eigenvalue weighted by molar-refractivity contribution is 8.00. The third kappa shape index (κ3) is 4.49. The molecule has 1 aromatic heterocycles. The molecular formula is C26H25N5O2S. The van der Waals surface area contributed by atoms with Crippen LogP contribution in [0.4, 0.5) is 5.69 Å². The maximum absolute atomic E-state index is 13.5. The van der Waals surface area contributed by atoms with Crippen LogP contribution >= 0.6 is 11.8 Å². The predicted octanol–water partition coefficient (Wildman–Crippen LogP) is 5.05. The summed E-state index contributed by atoms with van der Waals surface area (Å²) in [6, 6.07) is 25.3. The predicted molar refractivity (Wildman–Crippen MR) is 135 cm³/mol. The lowest BCUT2D eigenvalue weighted by molar-refractivity contribution is -0.116. The van der Waals surface area contributed by atoms with Crippen molar-refractivity contribution in [1.29, 1.82) is 0 Å². The first kappa shape index (κ1) is 22.0. The van der Waals surface area contributed by atoms with Gasteiger partial charge in [0.2, 0.25) is 11.1 Å². The number of aromatic nitrogens is 3. The molecule has 172 valence electrons. The Kier molecular flexibility index (Phi) is 6.22. The van der Waals surface area contributed by atoms with Crippen LogP contribution in [-0.2, 0) is 4.79 Å². The molecule has 2 N–H and O–H groups in total. The maximum atomic E-state index is 13.5. The van der Waals surface area contributed by atoms with Crippen LogP contribution in [0.2, 0.25) is 0 Å². The molecule has 0 spiro atoms. The second-order valence-corrected chi connectivity index (χ2v) is 9.12. The van der Waals surface area contributed by atoms with Gasteiger partial charge in [-0.25, -0.2) is 4.68 Å². The Morgan fingerprint density at radius 3 is 2.47 bits per heavy atom. The molecule has 5 rings (SSSR count). The average molecular weight is 472 g/mol. The largest absolute Gasteiger partial charge is 0.494 e. The molecule has 1 amide bonds. The second-order valence-electron chi connectivity index (χ2n) is 8.01. The van der Waals surface area contributed by atoms with Gasteiger partial charge < -0.3 is 15.5 Å². The Labute approximate surface area is 202 Å². The van der Waals surface area contributed by atoms with Crippen molar-refractivity contribution in [2.45, 2.75) is 30.3 Å². The van der Waals surface area contributed by atoms with Gasteiger partial charge in [0.1, 0.15) is 11.0 Å². The fraction of sp³-hybridized carbons (Fsp3) is 0.192. The van der Waals surface area contributed by atoms with E-state index < -0.39 is 5.25 Å². The number of thioether (sulfide) groups is 1. The molecule has 0 saturated heterocycles. The Morgan fingerprint density at radius 2 is 1.76 bits per heavy atom. The van der Waals surface area contributed by atoms with E-state index in [1.807, 2.05) is 73.1 Å². The number of nitrogens with one attached hydrogen (secondary N) is 2. The number of ether oxygens (including phenoxy) is 1. The first-order valence-electron chi connectivity index (χ1n) is 11.2. The van der Waals surface area contributed by atoms with Gasteiger partial charge in [0.25, 0.3) is 0 Å². The van der Waals surface area contributed by atoms with Crippen LogP contribution in [-0.4, -0.2) is 32.6 Å². The number of amides is 1. The van der Waals surface area contributed by atoms with Crippen molar-refractivity contribution in [2.24, 2.45) is 0 Å². The number of nitrogens with zero attached hydrogens (tertiary/aromatic N) is 3. The molecule has 1 aliphatic rings. The summed E-state index contributed by atoms with van der Waals surface area (Å²) in [5, 5.41) is 12.0. The van der Waals surface area contributed by atoms with Gasteiger partial charge >= 0.3 is 0 Å². The molecule has 0 fully saturated rings. The zero-order valence-corrected chi connectivity index (χ0v) is 19.8. The van der Waals surface area contributed by atoms with E-state index in [1.54, 1.807) is 0 Å². The molecule has 2 atom stereocenters. The summed E-state index contributed by atoms with van der Waals surface area (Å²) < 4.78 is 7.38. The van der Waals surface area contributed by atoms with Crippen molar-refractivity contribution in [1.82, 2.24) is 14.9 Å². The number of carbonyl (C=O) groups is 1. The summed E-state index contributed by atoms with van der Waals surface area (Å²) >= 11 is 1.41. The van der Waals surface area contributed by atoms with E-state index in [4.69, 9.17) is 4.74 Å². The molecule has 0 aliphatic carbocycles. The quantitative estimate of drug-likeness (QED) is 0.410. The second kappa shape index (κ2) is 9.61. The van der Waals surface area contributed by atoms with Crippen molar-refractivity contribution >= 4 is 23.4 Å². The third-order valence-electron chi connectivity index (χ3n) is 5.60. The van der Waals surface area contributed by atoms with E-state index in [2.05, 4.69) is 45.2 Å². The van der Waals surface area contributed by atoms with Gasteiger partial charge in [-0.05, 0) is 43.7 Å². The molecule has 0 radical (unpaired) electrons. The SMILES string of the molecule is CCOc1ccc(NC(=O)[C@H]2Sc3nnc(-c4ccccc4)n3N[C@@H]2c2ccc(C)cc2)cc1. The zero-order chi connectivity index (χ0) is 23.5. The molecule has 0 unspecified atom stereocenters. The molecule has 34 heavy (non-hydrogen) atoms. The summed E-state index contributed by atoms with van der Waals surface area (Å²) in [5.41, 5.74) is 7.36. The number of carbonyl (C=O) groups excluding carboxylic acids is 1. The highest BCUT2D eigenvalue weighted by atomic mass is 32.2. The molecule has 2 heterocycles. The molecular weight excluding hydrogens is 446 g/mol. The molecule has 3 aromatic carbocycles. The van der Waals surface area contributed by atoms with Gasteiger partial charge in [-0.2, -0.15) is 0 Å². The fourth-order valence-electron chi connectivity index (χ4n) is 3.87. The normalized spacial score (nSPS) is 16.9. The standard InChI is InChI=1S/C26H25N5O2S/c1-3-33-21-15-13-20(14-16-21)27-25(32)23-22(18-11-9-17(2)10-12-18)30-31-24(28-29-26(31)34-23)19-7-5-4-6-8-19/h4-16,22-23,30H,3H2,1-2H3,(H,27,32)/t22-,23+/m1/s1. The Hall–Kier alpha value is -3.78. The first-order valence-corrected chi connectivity index (χ1v) is 12.0. The molecule has 0 saturated carbocycles. The smallest absolute Gasteiger partial charge is 0.240 e. The molecule has 4 aromatic rings. The number of hydrogen-bond acceptors (Lipinski definition) is 6. The summed E-state index contributed by atoms with van der Waals surface area (Å²) in [6.07, 6.45) is 0. The monoisotopic (exact) mass is 471 g/mol. The third-order valence-corrected chi connectivity index (χ3v) is 6.81. The van der Waals surface area contributed by atoms with E-state index >= 15 is 0 Å². The minimum absolute atomic E-state index is 0.109. The highest BCUT2D eigenvalue weighted by Crippen LogP contribution is 2.39. The minimum atomic E-state index is -0.449. The van der Waals surface area contributed by atoms with Gasteiger partial charge in [-0.15, -0.1) is 10.2 Å². The Bertz CT molecular complexity index is 1270. The molecule has 0 bridgehead atoms. The number of anilines is 1. The number of rotatable bonds is 6. The van der Waals surface area contributed by atoms with Gasteiger partial charge in [-0.3, -0.25) is 4.79 Å². The number of aryl methyl sites for hydroxylation is 1. The van der Waals surface area contributed by atoms with Crippen LogP contribution < -0.4 is 15.5 Å². The lowest BCUT2D eigenvalue weighted by Crippen LogP contribution is -2.41. The number of hydrogen-bond donors (Lipinski definition) is 2. The van der Waals surface area contributed by atoms with Crippen LogP contribution in [0, 0.1) is 6.92 Å². The van der Waals surface area contributed by atoms with Crippen molar-refractivity contribution < 1.29 is 9.53 Å². The van der Waals surface area contributed by atoms with Crippen molar-refractivity contribution in [2.75, 3.05) is 17.3 Å². The number of benzene rings is 3. The molecule has 8 heteroatoms.